The maximum absolute atomic E-state index is 11.8. The number of hydrogen-bond donors (Lipinski definition) is 3. The number of nitrogen functional groups attached to an aromatic ring is 1. The number of anilines is 2. The normalized spacial score (nSPS) is 15.7. The average molecular weight is 296 g/mol. The summed E-state index contributed by atoms with van der Waals surface area (Å²) in [5.74, 6) is -1.33. The number of amides is 2. The fraction of sp³-hybridized carbons (Fsp3) is 0.429. The highest BCUT2D eigenvalue weighted by molar-refractivity contribution is 6.41. The predicted octanol–water partition coefficient (Wildman–Crippen LogP) is 2.31. The number of halogens is 1. The third-order valence-electron chi connectivity index (χ3n) is 3.39. The Hall–Kier alpha value is -1.75. The molecule has 2 amide bonds. The van der Waals surface area contributed by atoms with Crippen molar-refractivity contribution in [2.75, 3.05) is 11.1 Å². The summed E-state index contributed by atoms with van der Waals surface area (Å²) < 4.78 is 0. The van der Waals surface area contributed by atoms with E-state index in [4.69, 9.17) is 17.3 Å². The highest BCUT2D eigenvalue weighted by atomic mass is 35.5. The molecular weight excluding hydrogens is 278 g/mol. The monoisotopic (exact) mass is 295 g/mol. The van der Waals surface area contributed by atoms with E-state index in [9.17, 15) is 9.59 Å². The van der Waals surface area contributed by atoms with Crippen LogP contribution >= 0.6 is 11.6 Å². The Morgan fingerprint density at radius 2 is 1.85 bits per heavy atom. The fourth-order valence-corrected chi connectivity index (χ4v) is 2.55. The van der Waals surface area contributed by atoms with E-state index in [2.05, 4.69) is 10.6 Å². The molecule has 20 heavy (non-hydrogen) atoms. The van der Waals surface area contributed by atoms with Gasteiger partial charge in [-0.15, -0.1) is 0 Å². The third kappa shape index (κ3) is 3.87. The molecule has 1 aliphatic carbocycles. The van der Waals surface area contributed by atoms with E-state index in [0.29, 0.717) is 16.4 Å². The number of carbonyl (C=O) groups excluding carboxylic acids is 2. The zero-order valence-electron chi connectivity index (χ0n) is 11.1. The molecule has 1 saturated carbocycles. The Morgan fingerprint density at radius 1 is 1.15 bits per heavy atom. The van der Waals surface area contributed by atoms with Crippen LogP contribution in [0.3, 0.4) is 0 Å². The van der Waals surface area contributed by atoms with Crippen LogP contribution in [0.5, 0.6) is 0 Å². The second-order valence-corrected chi connectivity index (χ2v) is 5.41. The Balaban J connectivity index is 1.91. The smallest absolute Gasteiger partial charge is 0.313 e. The zero-order chi connectivity index (χ0) is 14.5. The van der Waals surface area contributed by atoms with Gasteiger partial charge in [0.15, 0.2) is 0 Å². The van der Waals surface area contributed by atoms with E-state index in [1.165, 1.54) is 12.5 Å². The Kier molecular flexibility index (Phi) is 4.84. The Morgan fingerprint density at radius 3 is 2.50 bits per heavy atom. The van der Waals surface area contributed by atoms with E-state index in [1.807, 2.05) is 0 Å². The zero-order valence-corrected chi connectivity index (χ0v) is 11.9. The first-order valence-electron chi connectivity index (χ1n) is 6.73. The maximum Gasteiger partial charge on any atom is 0.313 e. The highest BCUT2D eigenvalue weighted by Crippen LogP contribution is 2.24. The van der Waals surface area contributed by atoms with Crippen molar-refractivity contribution in [1.29, 1.82) is 0 Å². The minimum atomic E-state index is -0.706. The van der Waals surface area contributed by atoms with Gasteiger partial charge in [-0.1, -0.05) is 30.9 Å². The summed E-state index contributed by atoms with van der Waals surface area (Å²) in [6.45, 7) is 0. The van der Waals surface area contributed by atoms with Gasteiger partial charge in [0, 0.05) is 11.7 Å². The largest absolute Gasteiger partial charge is 0.399 e. The molecule has 108 valence electrons. The van der Waals surface area contributed by atoms with E-state index >= 15 is 0 Å². The second kappa shape index (κ2) is 6.61. The summed E-state index contributed by atoms with van der Waals surface area (Å²) in [5, 5.41) is 5.55. The van der Waals surface area contributed by atoms with E-state index < -0.39 is 11.8 Å². The summed E-state index contributed by atoms with van der Waals surface area (Å²) in [6, 6.07) is 4.81. The van der Waals surface area contributed by atoms with Crippen molar-refractivity contribution in [3.8, 4) is 0 Å². The Labute approximate surface area is 122 Å². The van der Waals surface area contributed by atoms with Gasteiger partial charge in [-0.2, -0.15) is 0 Å². The van der Waals surface area contributed by atoms with Gasteiger partial charge in [0.1, 0.15) is 0 Å². The SMILES string of the molecule is Nc1ccc(NC(=O)C(=O)NC2CCCCC2)c(Cl)c1. The molecule has 0 aliphatic heterocycles. The maximum atomic E-state index is 11.8. The number of rotatable bonds is 2. The van der Waals surface area contributed by atoms with Crippen LogP contribution in [0.1, 0.15) is 32.1 Å². The molecule has 1 fully saturated rings. The molecule has 6 heteroatoms. The van der Waals surface area contributed by atoms with E-state index in [1.54, 1.807) is 12.1 Å². The topological polar surface area (TPSA) is 84.2 Å². The number of carbonyl (C=O) groups is 2. The summed E-state index contributed by atoms with van der Waals surface area (Å²) in [5.41, 5.74) is 6.44. The lowest BCUT2D eigenvalue weighted by atomic mass is 9.95. The van der Waals surface area contributed by atoms with Crippen LogP contribution in [0, 0.1) is 0 Å². The molecule has 2 rings (SSSR count). The van der Waals surface area contributed by atoms with Gasteiger partial charge in [-0.05, 0) is 31.0 Å². The van der Waals surface area contributed by atoms with E-state index in [-0.39, 0.29) is 6.04 Å². The van der Waals surface area contributed by atoms with Crippen LogP contribution < -0.4 is 16.4 Å². The molecule has 0 radical (unpaired) electrons. The molecule has 1 aromatic rings. The van der Waals surface area contributed by atoms with Crippen molar-refractivity contribution in [3.63, 3.8) is 0 Å². The van der Waals surface area contributed by atoms with Crippen molar-refractivity contribution in [1.82, 2.24) is 5.32 Å². The van der Waals surface area contributed by atoms with Gasteiger partial charge in [0.05, 0.1) is 10.7 Å². The van der Waals surface area contributed by atoms with Crippen molar-refractivity contribution < 1.29 is 9.59 Å². The molecule has 0 atom stereocenters. The number of nitrogens with one attached hydrogen (secondary N) is 2. The molecule has 1 aliphatic rings. The van der Waals surface area contributed by atoms with Crippen molar-refractivity contribution in [3.05, 3.63) is 23.2 Å². The molecule has 0 bridgehead atoms. The molecule has 0 heterocycles. The number of benzene rings is 1. The first-order chi connectivity index (χ1) is 9.56. The summed E-state index contributed by atoms with van der Waals surface area (Å²) in [4.78, 5) is 23.6. The van der Waals surface area contributed by atoms with Crippen molar-refractivity contribution in [2.45, 2.75) is 38.1 Å². The minimum absolute atomic E-state index is 0.101. The lowest BCUT2D eigenvalue weighted by molar-refractivity contribution is -0.136. The first-order valence-corrected chi connectivity index (χ1v) is 7.11. The van der Waals surface area contributed by atoms with Crippen LogP contribution in [0.15, 0.2) is 18.2 Å². The van der Waals surface area contributed by atoms with Crippen LogP contribution in [0.25, 0.3) is 0 Å². The van der Waals surface area contributed by atoms with Crippen LogP contribution in [0.4, 0.5) is 11.4 Å². The molecule has 0 unspecified atom stereocenters. The second-order valence-electron chi connectivity index (χ2n) is 5.00. The summed E-state index contributed by atoms with van der Waals surface area (Å²) in [7, 11) is 0. The average Bonchev–Trinajstić information content (AvgIpc) is 2.43. The fourth-order valence-electron chi connectivity index (χ4n) is 2.31. The van der Waals surface area contributed by atoms with Crippen molar-refractivity contribution in [2.24, 2.45) is 0 Å². The first kappa shape index (κ1) is 14.7. The lowest BCUT2D eigenvalue weighted by Gasteiger charge is -2.22. The molecule has 5 nitrogen and oxygen atoms in total. The Bertz CT molecular complexity index is 513. The minimum Gasteiger partial charge on any atom is -0.399 e. The molecule has 0 saturated heterocycles. The highest BCUT2D eigenvalue weighted by Gasteiger charge is 2.20. The molecule has 1 aromatic carbocycles. The van der Waals surface area contributed by atoms with Gasteiger partial charge in [-0.25, -0.2) is 0 Å². The molecular formula is C14H18ClN3O2. The standard InChI is InChI=1S/C14H18ClN3O2/c15-11-8-9(16)6-7-12(11)18-14(20)13(19)17-10-4-2-1-3-5-10/h6-8,10H,1-5,16H2,(H,17,19)(H,18,20). The number of nitrogens with two attached hydrogens (primary N) is 1. The van der Waals surface area contributed by atoms with Crippen LogP contribution in [-0.4, -0.2) is 17.9 Å². The third-order valence-corrected chi connectivity index (χ3v) is 3.70. The van der Waals surface area contributed by atoms with Crippen molar-refractivity contribution >= 4 is 34.8 Å². The van der Waals surface area contributed by atoms with E-state index in [0.717, 1.165) is 25.7 Å². The lowest BCUT2D eigenvalue weighted by Crippen LogP contribution is -2.42. The molecule has 0 aromatic heterocycles. The molecule has 0 spiro atoms. The molecule has 4 N–H and O–H groups in total. The van der Waals surface area contributed by atoms with Gasteiger partial charge in [0.25, 0.3) is 0 Å². The summed E-state index contributed by atoms with van der Waals surface area (Å²) in [6.07, 6.45) is 5.25. The van der Waals surface area contributed by atoms with Crippen LogP contribution in [0.2, 0.25) is 5.02 Å². The van der Waals surface area contributed by atoms with Gasteiger partial charge < -0.3 is 16.4 Å². The quantitative estimate of drug-likeness (QED) is 0.578. The van der Waals surface area contributed by atoms with Gasteiger partial charge in [-0.3, -0.25) is 9.59 Å². The van der Waals surface area contributed by atoms with Gasteiger partial charge in [0.2, 0.25) is 0 Å². The predicted molar refractivity (Wildman–Crippen MR) is 79.5 cm³/mol. The summed E-state index contributed by atoms with van der Waals surface area (Å²) >= 11 is 5.94. The number of hydrogen-bond acceptors (Lipinski definition) is 3. The van der Waals surface area contributed by atoms with Crippen LogP contribution in [-0.2, 0) is 9.59 Å². The van der Waals surface area contributed by atoms with Gasteiger partial charge >= 0.3 is 11.8 Å².